The molecule has 1 aromatic heterocycles. The lowest BCUT2D eigenvalue weighted by molar-refractivity contribution is 0.0686. The number of aryl methyl sites for hydroxylation is 1. The Labute approximate surface area is 112 Å². The molecule has 108 valence electrons. The fraction of sp³-hybridized carbons (Fsp3) is 0.636. The summed E-state index contributed by atoms with van der Waals surface area (Å²) in [7, 11) is -3.90. The lowest BCUT2D eigenvalue weighted by Crippen LogP contribution is -2.38. The largest absolute Gasteiger partial charge is 0.476 e. The van der Waals surface area contributed by atoms with E-state index in [0.29, 0.717) is 6.42 Å². The van der Waals surface area contributed by atoms with Crippen LogP contribution in [-0.2, 0) is 10.0 Å². The second-order valence-electron chi connectivity index (χ2n) is 4.71. The highest BCUT2D eigenvalue weighted by Crippen LogP contribution is 2.19. The highest BCUT2D eigenvalue weighted by atomic mass is 32.2. The van der Waals surface area contributed by atoms with Crippen molar-refractivity contribution in [3.63, 3.8) is 0 Å². The van der Waals surface area contributed by atoms with Crippen LogP contribution in [0.4, 0.5) is 0 Å². The predicted molar refractivity (Wildman–Crippen MR) is 69.5 cm³/mol. The minimum absolute atomic E-state index is 0.111. The minimum Gasteiger partial charge on any atom is -0.476 e. The Kier molecular flexibility index (Phi) is 4.70. The number of hydrogen-bond donors (Lipinski definition) is 3. The monoisotopic (exact) mass is 289 g/mol. The molecule has 1 atom stereocenters. The Morgan fingerprint density at radius 2 is 2.05 bits per heavy atom. The lowest BCUT2D eigenvalue weighted by atomic mass is 10.0. The third kappa shape index (κ3) is 3.32. The number of sulfonamides is 1. The minimum atomic E-state index is -3.90. The summed E-state index contributed by atoms with van der Waals surface area (Å²) in [5, 5.41) is 14.9. The van der Waals surface area contributed by atoms with Gasteiger partial charge in [0, 0.05) is 6.04 Å². The van der Waals surface area contributed by atoms with Gasteiger partial charge in [-0.05, 0) is 19.3 Å². The lowest BCUT2D eigenvalue weighted by Gasteiger charge is -2.20. The van der Waals surface area contributed by atoms with Crippen molar-refractivity contribution in [3.05, 3.63) is 11.4 Å². The van der Waals surface area contributed by atoms with E-state index >= 15 is 0 Å². The van der Waals surface area contributed by atoms with Crippen LogP contribution in [0.15, 0.2) is 4.90 Å². The van der Waals surface area contributed by atoms with Crippen LogP contribution in [0.5, 0.6) is 0 Å². The van der Waals surface area contributed by atoms with Crippen LogP contribution in [0.2, 0.25) is 0 Å². The summed E-state index contributed by atoms with van der Waals surface area (Å²) >= 11 is 0. The SMILES string of the molecule is CCC(NS(=O)(=O)c1c(C(=O)O)n[nH]c1C)C(C)C. The molecular weight excluding hydrogens is 270 g/mol. The quantitative estimate of drug-likeness (QED) is 0.726. The van der Waals surface area contributed by atoms with Gasteiger partial charge < -0.3 is 5.11 Å². The molecule has 3 N–H and O–H groups in total. The molecule has 0 saturated carbocycles. The van der Waals surface area contributed by atoms with E-state index in [1.165, 1.54) is 6.92 Å². The molecule has 0 radical (unpaired) electrons. The van der Waals surface area contributed by atoms with Crippen molar-refractivity contribution in [1.82, 2.24) is 14.9 Å². The Morgan fingerprint density at radius 1 is 1.47 bits per heavy atom. The molecule has 1 rings (SSSR count). The van der Waals surface area contributed by atoms with Crippen LogP contribution in [0, 0.1) is 12.8 Å². The molecule has 0 fully saturated rings. The number of hydrogen-bond acceptors (Lipinski definition) is 4. The number of aromatic carboxylic acids is 1. The standard InChI is InChI=1S/C11H19N3O4S/c1-5-8(6(2)3)14-19(17,18)10-7(4)12-13-9(10)11(15)16/h6,8,14H,5H2,1-4H3,(H,12,13)(H,15,16). The summed E-state index contributed by atoms with van der Waals surface area (Å²) in [5.74, 6) is -1.26. The first-order valence-corrected chi connectivity index (χ1v) is 7.49. The fourth-order valence-corrected chi connectivity index (χ4v) is 3.63. The molecule has 0 aliphatic heterocycles. The number of nitrogens with zero attached hydrogens (tertiary/aromatic N) is 1. The van der Waals surface area contributed by atoms with Gasteiger partial charge in [-0.25, -0.2) is 17.9 Å². The van der Waals surface area contributed by atoms with E-state index in [1.54, 1.807) is 0 Å². The zero-order valence-corrected chi connectivity index (χ0v) is 12.2. The number of aromatic nitrogens is 2. The number of aromatic amines is 1. The van der Waals surface area contributed by atoms with Gasteiger partial charge >= 0.3 is 5.97 Å². The van der Waals surface area contributed by atoms with E-state index in [1.807, 2.05) is 20.8 Å². The zero-order valence-electron chi connectivity index (χ0n) is 11.4. The molecule has 0 spiro atoms. The van der Waals surface area contributed by atoms with E-state index in [0.717, 1.165) is 0 Å². The van der Waals surface area contributed by atoms with E-state index in [-0.39, 0.29) is 22.5 Å². The van der Waals surface area contributed by atoms with Gasteiger partial charge in [-0.1, -0.05) is 20.8 Å². The van der Waals surface area contributed by atoms with Gasteiger partial charge in [0.2, 0.25) is 10.0 Å². The summed E-state index contributed by atoms with van der Waals surface area (Å²) in [6, 6.07) is -0.249. The van der Waals surface area contributed by atoms with Crippen molar-refractivity contribution in [2.24, 2.45) is 5.92 Å². The van der Waals surface area contributed by atoms with Gasteiger partial charge in [-0.3, -0.25) is 5.10 Å². The second kappa shape index (κ2) is 5.70. The van der Waals surface area contributed by atoms with Crippen LogP contribution in [-0.4, -0.2) is 35.7 Å². The van der Waals surface area contributed by atoms with Gasteiger partial charge in [-0.2, -0.15) is 5.10 Å². The maximum Gasteiger partial charge on any atom is 0.357 e. The number of nitrogens with one attached hydrogen (secondary N) is 2. The Bertz CT molecular complexity index is 562. The van der Waals surface area contributed by atoms with E-state index in [9.17, 15) is 13.2 Å². The molecule has 0 saturated heterocycles. The molecule has 1 heterocycles. The van der Waals surface area contributed by atoms with Gasteiger partial charge in [-0.15, -0.1) is 0 Å². The Balaban J connectivity index is 3.21. The third-order valence-corrected chi connectivity index (χ3v) is 4.56. The Hall–Kier alpha value is -1.41. The average molecular weight is 289 g/mol. The second-order valence-corrected chi connectivity index (χ2v) is 6.36. The molecule has 7 nitrogen and oxygen atoms in total. The summed E-state index contributed by atoms with van der Waals surface area (Å²) in [5.41, 5.74) is -0.271. The molecule has 19 heavy (non-hydrogen) atoms. The van der Waals surface area contributed by atoms with E-state index in [2.05, 4.69) is 14.9 Å². The Morgan fingerprint density at radius 3 is 2.47 bits per heavy atom. The first-order valence-electron chi connectivity index (χ1n) is 6.01. The van der Waals surface area contributed by atoms with Crippen molar-refractivity contribution in [2.75, 3.05) is 0 Å². The molecular formula is C11H19N3O4S. The summed E-state index contributed by atoms with van der Waals surface area (Å²) in [4.78, 5) is 10.7. The van der Waals surface area contributed by atoms with Gasteiger partial charge in [0.15, 0.2) is 5.69 Å². The number of carboxylic acids is 1. The maximum absolute atomic E-state index is 12.3. The molecule has 0 aliphatic rings. The first kappa shape index (κ1) is 15.6. The summed E-state index contributed by atoms with van der Waals surface area (Å²) in [6.07, 6.45) is 0.621. The first-order chi connectivity index (χ1) is 8.70. The van der Waals surface area contributed by atoms with Crippen molar-refractivity contribution in [1.29, 1.82) is 0 Å². The molecule has 1 unspecified atom stereocenters. The average Bonchev–Trinajstić information content (AvgIpc) is 2.68. The van der Waals surface area contributed by atoms with Crippen LogP contribution in [0.3, 0.4) is 0 Å². The number of carboxylic acid groups (broad SMARTS) is 1. The van der Waals surface area contributed by atoms with Crippen LogP contribution < -0.4 is 4.72 Å². The number of rotatable bonds is 6. The van der Waals surface area contributed by atoms with Gasteiger partial charge in [0.05, 0.1) is 5.69 Å². The topological polar surface area (TPSA) is 112 Å². The normalized spacial score (nSPS) is 13.7. The molecule has 0 aliphatic carbocycles. The van der Waals surface area contributed by atoms with Crippen LogP contribution in [0.1, 0.15) is 43.4 Å². The summed E-state index contributed by atoms with van der Waals surface area (Å²) in [6.45, 7) is 7.14. The van der Waals surface area contributed by atoms with Crippen molar-refractivity contribution in [2.45, 2.75) is 45.1 Å². The van der Waals surface area contributed by atoms with E-state index < -0.39 is 21.7 Å². The third-order valence-electron chi connectivity index (χ3n) is 2.91. The molecule has 0 amide bonds. The molecule has 8 heteroatoms. The highest BCUT2D eigenvalue weighted by molar-refractivity contribution is 7.89. The molecule has 0 aromatic carbocycles. The van der Waals surface area contributed by atoms with Gasteiger partial charge in [0.1, 0.15) is 4.90 Å². The predicted octanol–water partition coefficient (Wildman–Crippen LogP) is 1.13. The molecule has 1 aromatic rings. The highest BCUT2D eigenvalue weighted by Gasteiger charge is 2.30. The number of carbonyl (C=O) groups is 1. The van der Waals surface area contributed by atoms with Crippen LogP contribution in [0.25, 0.3) is 0 Å². The van der Waals surface area contributed by atoms with E-state index in [4.69, 9.17) is 5.11 Å². The van der Waals surface area contributed by atoms with Crippen molar-refractivity contribution < 1.29 is 18.3 Å². The summed E-state index contributed by atoms with van der Waals surface area (Å²) < 4.78 is 27.1. The van der Waals surface area contributed by atoms with Crippen molar-refractivity contribution >= 4 is 16.0 Å². The molecule has 0 bridgehead atoms. The van der Waals surface area contributed by atoms with Crippen LogP contribution >= 0.6 is 0 Å². The smallest absolute Gasteiger partial charge is 0.357 e. The maximum atomic E-state index is 12.3. The zero-order chi connectivity index (χ0) is 14.8. The number of H-pyrrole nitrogens is 1. The fourth-order valence-electron chi connectivity index (χ4n) is 1.84. The van der Waals surface area contributed by atoms with Crippen molar-refractivity contribution in [3.8, 4) is 0 Å². The van der Waals surface area contributed by atoms with Gasteiger partial charge in [0.25, 0.3) is 0 Å².